The number of carbonyl (C=O) groups is 2. The number of aromatic nitrogens is 3. The smallest absolute Gasteiger partial charge is 0.343 e. The van der Waals surface area contributed by atoms with E-state index in [0.29, 0.717) is 11.2 Å². The van der Waals surface area contributed by atoms with E-state index in [1.165, 1.54) is 9.47 Å². The summed E-state index contributed by atoms with van der Waals surface area (Å²) in [6.45, 7) is 0.0510. The van der Waals surface area contributed by atoms with Gasteiger partial charge >= 0.3 is 5.69 Å². The normalized spacial score (nSPS) is 14.1. The zero-order chi connectivity index (χ0) is 14.7. The lowest BCUT2D eigenvalue weighted by Crippen LogP contribution is -2.39. The van der Waals surface area contributed by atoms with E-state index in [1.54, 1.807) is 14.1 Å². The van der Waals surface area contributed by atoms with Crippen LogP contribution in [0.15, 0.2) is 9.95 Å². The topological polar surface area (TPSA) is 100 Å². The standard InChI is InChI=1S/C11H17N5O3S/c1-15(5-8(17)12-7-3-4-7)9(18)6-20-11-14-13-10(19)16(11)2/h7H,3-6H2,1-2H3,(H,12,17)(H,13,19). The molecule has 8 nitrogen and oxygen atoms in total. The number of hydrogen-bond acceptors (Lipinski definition) is 5. The van der Waals surface area contributed by atoms with Crippen LogP contribution in [0.3, 0.4) is 0 Å². The quantitative estimate of drug-likeness (QED) is 0.652. The number of amides is 2. The molecule has 2 amide bonds. The summed E-state index contributed by atoms with van der Waals surface area (Å²) in [4.78, 5) is 36.0. The Labute approximate surface area is 119 Å². The molecule has 1 fully saturated rings. The van der Waals surface area contributed by atoms with Crippen molar-refractivity contribution in [2.45, 2.75) is 24.0 Å². The van der Waals surface area contributed by atoms with Gasteiger partial charge in [0, 0.05) is 20.1 Å². The lowest BCUT2D eigenvalue weighted by Gasteiger charge is -2.16. The van der Waals surface area contributed by atoms with Gasteiger partial charge in [-0.25, -0.2) is 9.89 Å². The molecule has 0 saturated heterocycles. The van der Waals surface area contributed by atoms with Gasteiger partial charge in [-0.2, -0.15) is 0 Å². The van der Waals surface area contributed by atoms with E-state index in [0.717, 1.165) is 24.6 Å². The van der Waals surface area contributed by atoms with Crippen molar-refractivity contribution >= 4 is 23.6 Å². The van der Waals surface area contributed by atoms with E-state index in [9.17, 15) is 14.4 Å². The molecule has 0 aliphatic heterocycles. The van der Waals surface area contributed by atoms with E-state index in [-0.39, 0.29) is 29.8 Å². The number of H-pyrrole nitrogens is 1. The summed E-state index contributed by atoms with van der Waals surface area (Å²) >= 11 is 1.16. The van der Waals surface area contributed by atoms with Crippen molar-refractivity contribution in [3.63, 3.8) is 0 Å². The zero-order valence-corrected chi connectivity index (χ0v) is 12.2. The lowest BCUT2D eigenvalue weighted by atomic mass is 10.5. The van der Waals surface area contributed by atoms with Gasteiger partial charge in [-0.3, -0.25) is 14.2 Å². The Morgan fingerprint density at radius 2 is 2.25 bits per heavy atom. The second kappa shape index (κ2) is 6.12. The summed E-state index contributed by atoms with van der Waals surface area (Å²) in [5, 5.41) is 9.36. The maximum absolute atomic E-state index is 11.9. The van der Waals surface area contributed by atoms with Gasteiger partial charge in [0.1, 0.15) is 0 Å². The SMILES string of the molecule is CN(CC(=O)NC1CC1)C(=O)CSc1n[nH]c(=O)n1C. The van der Waals surface area contributed by atoms with Gasteiger partial charge < -0.3 is 10.2 Å². The fourth-order valence-corrected chi connectivity index (χ4v) is 2.36. The van der Waals surface area contributed by atoms with Gasteiger partial charge in [0.25, 0.3) is 0 Å². The molecule has 0 spiro atoms. The molecule has 0 atom stereocenters. The van der Waals surface area contributed by atoms with Crippen molar-refractivity contribution in [3.8, 4) is 0 Å². The minimum atomic E-state index is -0.322. The number of hydrogen-bond donors (Lipinski definition) is 2. The molecular formula is C11H17N5O3S. The van der Waals surface area contributed by atoms with Gasteiger partial charge in [0.05, 0.1) is 12.3 Å². The van der Waals surface area contributed by atoms with Crippen LogP contribution in [0.2, 0.25) is 0 Å². The van der Waals surface area contributed by atoms with E-state index >= 15 is 0 Å². The second-order valence-corrected chi connectivity index (χ2v) is 5.69. The number of aromatic amines is 1. The van der Waals surface area contributed by atoms with Crippen molar-refractivity contribution < 1.29 is 9.59 Å². The number of nitrogens with one attached hydrogen (secondary N) is 2. The predicted octanol–water partition coefficient (Wildman–Crippen LogP) is -1.06. The molecule has 1 aromatic rings. The van der Waals surface area contributed by atoms with Crippen molar-refractivity contribution in [1.82, 2.24) is 25.0 Å². The number of thioether (sulfide) groups is 1. The van der Waals surface area contributed by atoms with Gasteiger partial charge in [-0.1, -0.05) is 11.8 Å². The molecule has 1 heterocycles. The third kappa shape index (κ3) is 3.86. The van der Waals surface area contributed by atoms with Crippen molar-refractivity contribution in [3.05, 3.63) is 10.5 Å². The molecule has 9 heteroatoms. The van der Waals surface area contributed by atoms with Gasteiger partial charge in [0.15, 0.2) is 5.16 Å². The Morgan fingerprint density at radius 3 is 2.80 bits per heavy atom. The maximum atomic E-state index is 11.9. The molecule has 0 unspecified atom stereocenters. The minimum Gasteiger partial charge on any atom is -0.352 e. The summed E-state index contributed by atoms with van der Waals surface area (Å²) in [5.74, 6) is -0.192. The molecule has 1 aromatic heterocycles. The minimum absolute atomic E-state index is 0.0510. The summed E-state index contributed by atoms with van der Waals surface area (Å²) in [7, 11) is 3.16. The molecule has 2 rings (SSSR count). The molecule has 1 aliphatic rings. The fraction of sp³-hybridized carbons (Fsp3) is 0.636. The lowest BCUT2D eigenvalue weighted by molar-refractivity contribution is -0.132. The highest BCUT2D eigenvalue weighted by Crippen LogP contribution is 2.18. The van der Waals surface area contributed by atoms with Gasteiger partial charge in [-0.05, 0) is 12.8 Å². The third-order valence-electron chi connectivity index (χ3n) is 2.91. The van der Waals surface area contributed by atoms with E-state index < -0.39 is 0 Å². The van der Waals surface area contributed by atoms with Gasteiger partial charge in [0.2, 0.25) is 11.8 Å². The molecule has 1 saturated carbocycles. The Hall–Kier alpha value is -1.77. The van der Waals surface area contributed by atoms with Crippen molar-refractivity contribution in [2.75, 3.05) is 19.3 Å². The molecular weight excluding hydrogens is 282 g/mol. The van der Waals surface area contributed by atoms with Crippen LogP contribution in [0, 0.1) is 0 Å². The Morgan fingerprint density at radius 1 is 1.55 bits per heavy atom. The number of nitrogens with zero attached hydrogens (tertiary/aromatic N) is 3. The Kier molecular flexibility index (Phi) is 4.48. The van der Waals surface area contributed by atoms with Crippen LogP contribution in [-0.4, -0.2) is 56.9 Å². The van der Waals surface area contributed by atoms with Crippen LogP contribution in [-0.2, 0) is 16.6 Å². The van der Waals surface area contributed by atoms with E-state index in [4.69, 9.17) is 0 Å². The fourth-order valence-electron chi connectivity index (χ4n) is 1.50. The predicted molar refractivity (Wildman–Crippen MR) is 73.4 cm³/mol. The number of likely N-dealkylation sites (N-methyl/N-ethyl adjacent to an activating group) is 1. The van der Waals surface area contributed by atoms with Gasteiger partial charge in [-0.15, -0.1) is 5.10 Å². The molecule has 0 aromatic carbocycles. The van der Waals surface area contributed by atoms with E-state index in [2.05, 4.69) is 15.5 Å². The molecule has 0 radical (unpaired) electrons. The summed E-state index contributed by atoms with van der Waals surface area (Å²) < 4.78 is 1.33. The average Bonchev–Trinajstić information content (AvgIpc) is 3.15. The van der Waals surface area contributed by atoms with Crippen LogP contribution >= 0.6 is 11.8 Å². The monoisotopic (exact) mass is 299 g/mol. The Bertz CT molecular complexity index is 563. The van der Waals surface area contributed by atoms with Crippen molar-refractivity contribution in [2.24, 2.45) is 7.05 Å². The molecule has 1 aliphatic carbocycles. The van der Waals surface area contributed by atoms with Crippen LogP contribution in [0.4, 0.5) is 0 Å². The van der Waals surface area contributed by atoms with E-state index in [1.807, 2.05) is 0 Å². The van der Waals surface area contributed by atoms with Crippen LogP contribution < -0.4 is 11.0 Å². The van der Waals surface area contributed by atoms with Crippen LogP contribution in [0.1, 0.15) is 12.8 Å². The highest BCUT2D eigenvalue weighted by Gasteiger charge is 2.24. The molecule has 2 N–H and O–H groups in total. The maximum Gasteiger partial charge on any atom is 0.343 e. The second-order valence-electron chi connectivity index (χ2n) is 4.75. The first-order valence-corrected chi connectivity index (χ1v) is 7.23. The molecule has 0 bridgehead atoms. The highest BCUT2D eigenvalue weighted by atomic mass is 32.2. The summed E-state index contributed by atoms with van der Waals surface area (Å²) in [6.07, 6.45) is 2.04. The molecule has 110 valence electrons. The summed E-state index contributed by atoms with van der Waals surface area (Å²) in [5.41, 5.74) is -0.322. The largest absolute Gasteiger partial charge is 0.352 e. The molecule has 20 heavy (non-hydrogen) atoms. The third-order valence-corrected chi connectivity index (χ3v) is 3.93. The highest BCUT2D eigenvalue weighted by molar-refractivity contribution is 7.99. The first kappa shape index (κ1) is 14.6. The van der Waals surface area contributed by atoms with Crippen LogP contribution in [0.5, 0.6) is 0 Å². The zero-order valence-electron chi connectivity index (χ0n) is 11.4. The Balaban J connectivity index is 1.77. The number of rotatable bonds is 6. The summed E-state index contributed by atoms with van der Waals surface area (Å²) in [6, 6.07) is 0.291. The first-order valence-electron chi connectivity index (χ1n) is 6.25. The number of carbonyl (C=O) groups excluding carboxylic acids is 2. The van der Waals surface area contributed by atoms with Crippen molar-refractivity contribution in [1.29, 1.82) is 0 Å². The first-order chi connectivity index (χ1) is 9.47. The van der Waals surface area contributed by atoms with Crippen LogP contribution in [0.25, 0.3) is 0 Å². The average molecular weight is 299 g/mol.